The van der Waals surface area contributed by atoms with Gasteiger partial charge in [0, 0.05) is 22.9 Å². The summed E-state index contributed by atoms with van der Waals surface area (Å²) >= 11 is 0. The first-order valence-electron chi connectivity index (χ1n) is 14.1. The molecule has 3 aromatic rings. The van der Waals surface area contributed by atoms with E-state index >= 15 is 0 Å². The summed E-state index contributed by atoms with van der Waals surface area (Å²) in [7, 11) is -0.729. The maximum absolute atomic E-state index is 3.79. The summed E-state index contributed by atoms with van der Waals surface area (Å²) in [6.07, 6.45) is 21.2. The van der Waals surface area contributed by atoms with Crippen molar-refractivity contribution in [3.05, 3.63) is 149 Å². The molecule has 2 heteroatoms. The highest BCUT2D eigenvalue weighted by Crippen LogP contribution is 2.53. The molecular weight excluding hydrogens is 489 g/mol. The molecule has 196 valence electrons. The predicted octanol–water partition coefficient (Wildman–Crippen LogP) is 9.36. The van der Waals surface area contributed by atoms with Crippen molar-refractivity contribution >= 4 is 35.0 Å². The van der Waals surface area contributed by atoms with Crippen LogP contribution in [0.2, 0.25) is 0 Å². The average molecular weight is 528 g/mol. The molecule has 2 atom stereocenters. The van der Waals surface area contributed by atoms with Gasteiger partial charge in [-0.2, -0.15) is 0 Å². The van der Waals surface area contributed by atoms with E-state index in [1.807, 2.05) is 13.8 Å². The summed E-state index contributed by atoms with van der Waals surface area (Å²) in [6.45, 7) is 10.5. The van der Waals surface area contributed by atoms with Gasteiger partial charge in [0.05, 0.1) is 0 Å². The number of benzene rings is 3. The summed E-state index contributed by atoms with van der Waals surface area (Å²) in [5.41, 5.74) is 7.87. The molecule has 1 aliphatic carbocycles. The first-order chi connectivity index (χ1) is 19.1. The average Bonchev–Trinajstić information content (AvgIpc) is 3.20. The molecule has 2 aliphatic heterocycles. The standard InChI is InChI=1S/C35H32NP.C2H6/c1-4-5-7-14-29-25(3)36-33-23-32(29)30-15-8-6-9-16-34(30)37(35-21-24(2)17-20-31(33)35)28-19-18-26-12-10-11-13-27(26)22-28;1-2/h4-15,17-23,32,36H,16H2,1-3H3;1-2H3/b5-4-,14-7-;. The normalized spacial score (nSPS) is 20.1. The van der Waals surface area contributed by atoms with E-state index in [0.29, 0.717) is 0 Å². The van der Waals surface area contributed by atoms with E-state index in [0.717, 1.165) is 6.42 Å². The van der Waals surface area contributed by atoms with Crippen LogP contribution in [0.3, 0.4) is 0 Å². The van der Waals surface area contributed by atoms with Gasteiger partial charge in [0.25, 0.3) is 0 Å². The third kappa shape index (κ3) is 5.29. The molecule has 39 heavy (non-hydrogen) atoms. The Morgan fingerprint density at radius 3 is 2.54 bits per heavy atom. The largest absolute Gasteiger partial charge is 0.359 e. The summed E-state index contributed by atoms with van der Waals surface area (Å²) < 4.78 is 0. The van der Waals surface area contributed by atoms with Crippen LogP contribution in [0.5, 0.6) is 0 Å². The number of fused-ring (bicyclic) bond motifs is 5. The fourth-order valence-corrected chi connectivity index (χ4v) is 8.57. The molecule has 0 amide bonds. The fourth-order valence-electron chi connectivity index (χ4n) is 5.66. The van der Waals surface area contributed by atoms with E-state index in [-0.39, 0.29) is 5.92 Å². The maximum atomic E-state index is 3.79. The molecule has 2 heterocycles. The lowest BCUT2D eigenvalue weighted by molar-refractivity contribution is 0.852. The van der Waals surface area contributed by atoms with Crippen molar-refractivity contribution < 1.29 is 0 Å². The third-order valence-corrected chi connectivity index (χ3v) is 10.1. The molecule has 0 saturated carbocycles. The first-order valence-corrected chi connectivity index (χ1v) is 15.4. The number of hydrogen-bond donors (Lipinski definition) is 1. The van der Waals surface area contributed by atoms with Crippen molar-refractivity contribution in [3.63, 3.8) is 0 Å². The van der Waals surface area contributed by atoms with E-state index in [1.54, 1.807) is 5.31 Å². The molecule has 1 nitrogen and oxygen atoms in total. The summed E-state index contributed by atoms with van der Waals surface area (Å²) in [6, 6.07) is 22.9. The van der Waals surface area contributed by atoms with Crippen LogP contribution in [0, 0.1) is 12.8 Å². The van der Waals surface area contributed by atoms with Gasteiger partial charge < -0.3 is 5.32 Å². The number of aryl methyl sites for hydroxylation is 1. The minimum absolute atomic E-state index is 0.212. The highest BCUT2D eigenvalue weighted by Gasteiger charge is 2.33. The zero-order chi connectivity index (χ0) is 27.4. The predicted molar refractivity (Wildman–Crippen MR) is 174 cm³/mol. The number of rotatable bonds is 3. The number of hydrogen-bond acceptors (Lipinski definition) is 1. The second-order valence-electron chi connectivity index (χ2n) is 9.93. The van der Waals surface area contributed by atoms with Crippen molar-refractivity contribution in [1.29, 1.82) is 0 Å². The van der Waals surface area contributed by atoms with Crippen LogP contribution in [0.15, 0.2) is 138 Å². The Labute approximate surface area is 235 Å². The molecule has 2 bridgehead atoms. The Kier molecular flexibility index (Phi) is 8.30. The SMILES string of the molecule is C/C=C\C=C/C1=C(C)NC2=CC1C1=C(CC=CC=C1)P(c1ccc3ccccc3c1)c1cc(C)ccc12.CC. The molecule has 0 fully saturated rings. The molecule has 6 rings (SSSR count). The Bertz CT molecular complexity index is 1610. The highest BCUT2D eigenvalue weighted by atomic mass is 31.1. The fraction of sp³-hybridized carbons (Fsp3) is 0.189. The zero-order valence-electron chi connectivity index (χ0n) is 23.7. The van der Waals surface area contributed by atoms with Crippen LogP contribution < -0.4 is 15.9 Å². The van der Waals surface area contributed by atoms with Crippen LogP contribution in [-0.4, -0.2) is 0 Å². The number of nitrogens with one attached hydrogen (secondary N) is 1. The topological polar surface area (TPSA) is 12.0 Å². The first kappa shape index (κ1) is 26.9. The maximum Gasteiger partial charge on any atom is 0.0431 e. The molecule has 2 unspecified atom stereocenters. The molecule has 0 radical (unpaired) electrons. The second kappa shape index (κ2) is 12.0. The lowest BCUT2D eigenvalue weighted by atomic mass is 9.84. The Morgan fingerprint density at radius 1 is 0.897 bits per heavy atom. The van der Waals surface area contributed by atoms with E-state index in [4.69, 9.17) is 0 Å². The Hall–Kier alpha value is -3.67. The van der Waals surface area contributed by atoms with Gasteiger partial charge in [-0.3, -0.25) is 0 Å². The van der Waals surface area contributed by atoms with Crippen LogP contribution in [0.4, 0.5) is 0 Å². The van der Waals surface area contributed by atoms with Gasteiger partial charge in [-0.15, -0.1) is 0 Å². The quantitative estimate of drug-likeness (QED) is 0.264. The molecule has 3 aliphatic rings. The Morgan fingerprint density at radius 2 is 1.72 bits per heavy atom. The number of dihydropyridines is 1. The third-order valence-electron chi connectivity index (χ3n) is 7.45. The summed E-state index contributed by atoms with van der Waals surface area (Å²) in [5.74, 6) is 0.212. The van der Waals surface area contributed by atoms with Crippen molar-refractivity contribution in [2.24, 2.45) is 5.92 Å². The monoisotopic (exact) mass is 527 g/mol. The van der Waals surface area contributed by atoms with E-state index in [2.05, 4.69) is 141 Å². The van der Waals surface area contributed by atoms with Crippen molar-refractivity contribution in [2.45, 2.75) is 41.0 Å². The van der Waals surface area contributed by atoms with Crippen molar-refractivity contribution in [3.8, 4) is 0 Å². The van der Waals surface area contributed by atoms with E-state index in [1.165, 1.54) is 55.0 Å². The lowest BCUT2D eigenvalue weighted by Crippen LogP contribution is -2.29. The summed E-state index contributed by atoms with van der Waals surface area (Å²) in [5, 5.41) is 10.8. The van der Waals surface area contributed by atoms with Gasteiger partial charge in [-0.05, 0) is 85.1 Å². The minimum Gasteiger partial charge on any atom is -0.359 e. The van der Waals surface area contributed by atoms with E-state index in [9.17, 15) is 0 Å². The molecule has 0 saturated heterocycles. The van der Waals surface area contributed by atoms with Crippen LogP contribution in [-0.2, 0) is 0 Å². The molecule has 1 N–H and O–H groups in total. The second-order valence-corrected chi connectivity index (χ2v) is 12.1. The summed E-state index contributed by atoms with van der Waals surface area (Å²) in [4.78, 5) is 0. The Balaban J connectivity index is 0.00000151. The van der Waals surface area contributed by atoms with Gasteiger partial charge in [0.1, 0.15) is 0 Å². The molecule has 0 spiro atoms. The van der Waals surface area contributed by atoms with Crippen LogP contribution >= 0.6 is 7.92 Å². The van der Waals surface area contributed by atoms with Crippen molar-refractivity contribution in [1.82, 2.24) is 5.32 Å². The molecular formula is C37H38NP. The molecule has 0 aromatic heterocycles. The van der Waals surface area contributed by atoms with Gasteiger partial charge in [-0.1, -0.05) is 123 Å². The van der Waals surface area contributed by atoms with Crippen LogP contribution in [0.1, 0.15) is 45.2 Å². The smallest absolute Gasteiger partial charge is 0.0431 e. The van der Waals surface area contributed by atoms with E-state index < -0.39 is 7.92 Å². The van der Waals surface area contributed by atoms with Gasteiger partial charge in [0.2, 0.25) is 0 Å². The van der Waals surface area contributed by atoms with Gasteiger partial charge in [0.15, 0.2) is 0 Å². The zero-order valence-corrected chi connectivity index (χ0v) is 24.6. The van der Waals surface area contributed by atoms with Crippen LogP contribution in [0.25, 0.3) is 16.5 Å². The van der Waals surface area contributed by atoms with Crippen molar-refractivity contribution in [2.75, 3.05) is 0 Å². The number of allylic oxidation sites excluding steroid dienone is 13. The van der Waals surface area contributed by atoms with Gasteiger partial charge in [-0.25, -0.2) is 0 Å². The van der Waals surface area contributed by atoms with Gasteiger partial charge >= 0.3 is 0 Å². The lowest BCUT2D eigenvalue weighted by Gasteiger charge is -2.35. The molecule has 3 aromatic carbocycles. The minimum atomic E-state index is -0.729. The highest BCUT2D eigenvalue weighted by molar-refractivity contribution is 7.77.